The molecule has 2 N–H and O–H groups in total. The highest BCUT2D eigenvalue weighted by molar-refractivity contribution is 6.29. The van der Waals surface area contributed by atoms with Gasteiger partial charge >= 0.3 is 0 Å². The second-order valence-corrected chi connectivity index (χ2v) is 7.09. The molecular formula is C15H21ClN4O. The third-order valence-corrected chi connectivity index (χ3v) is 4.62. The summed E-state index contributed by atoms with van der Waals surface area (Å²) in [6, 6.07) is 4.04. The van der Waals surface area contributed by atoms with Crippen molar-refractivity contribution in [2.24, 2.45) is 5.41 Å². The summed E-state index contributed by atoms with van der Waals surface area (Å²) in [6.45, 7) is 2.94. The summed E-state index contributed by atoms with van der Waals surface area (Å²) in [7, 11) is 3.96. The summed E-state index contributed by atoms with van der Waals surface area (Å²) in [4.78, 5) is 18.7. The molecule has 5 nitrogen and oxygen atoms in total. The summed E-state index contributed by atoms with van der Waals surface area (Å²) < 4.78 is 0. The van der Waals surface area contributed by atoms with Crippen LogP contribution in [0.25, 0.3) is 0 Å². The Labute approximate surface area is 130 Å². The van der Waals surface area contributed by atoms with Crippen LogP contribution in [0.4, 0.5) is 5.82 Å². The minimum absolute atomic E-state index is 0.0156. The standard InChI is InChI=1S/C15H21ClN4O/c1-15-6-10(17-11(15)7-15)14(21)19-13-9(8-20(2)3)4-5-12(16)18-13/h4-5,10-11,17H,6-8H2,1-3H3,(H,18,19,21)/t10-,11?,15-/m0/s1. The number of piperidine rings is 1. The third-order valence-electron chi connectivity index (χ3n) is 4.41. The maximum Gasteiger partial charge on any atom is 0.242 e. The molecule has 1 aliphatic heterocycles. The molecule has 0 spiro atoms. The molecule has 3 atom stereocenters. The number of anilines is 1. The van der Waals surface area contributed by atoms with E-state index < -0.39 is 0 Å². The van der Waals surface area contributed by atoms with Gasteiger partial charge in [-0.25, -0.2) is 4.98 Å². The Hall–Kier alpha value is -1.17. The number of amides is 1. The Morgan fingerprint density at radius 3 is 2.90 bits per heavy atom. The SMILES string of the molecule is CN(C)Cc1ccc(Cl)nc1NC(=O)[C@@H]1C[C@@]2(C)CC2N1. The normalized spacial score (nSPS) is 30.3. The van der Waals surface area contributed by atoms with Gasteiger partial charge < -0.3 is 15.5 Å². The first kappa shape index (κ1) is 14.8. The second-order valence-electron chi connectivity index (χ2n) is 6.70. The molecule has 0 bridgehead atoms. The zero-order valence-electron chi connectivity index (χ0n) is 12.6. The van der Waals surface area contributed by atoms with E-state index in [0.717, 1.165) is 12.0 Å². The molecule has 21 heavy (non-hydrogen) atoms. The molecule has 3 rings (SSSR count). The zero-order valence-corrected chi connectivity index (χ0v) is 13.4. The van der Waals surface area contributed by atoms with Gasteiger partial charge in [-0.15, -0.1) is 0 Å². The molecule has 1 aromatic rings. The van der Waals surface area contributed by atoms with Gasteiger partial charge in [0.15, 0.2) is 0 Å². The van der Waals surface area contributed by atoms with Gasteiger partial charge in [0, 0.05) is 18.2 Å². The highest BCUT2D eigenvalue weighted by atomic mass is 35.5. The van der Waals surface area contributed by atoms with Crippen LogP contribution in [0.15, 0.2) is 12.1 Å². The first-order valence-electron chi connectivity index (χ1n) is 7.24. The highest BCUT2D eigenvalue weighted by Gasteiger charge is 2.58. The summed E-state index contributed by atoms with van der Waals surface area (Å²) >= 11 is 5.96. The van der Waals surface area contributed by atoms with Gasteiger partial charge in [0.05, 0.1) is 6.04 Å². The smallest absolute Gasteiger partial charge is 0.242 e. The molecule has 1 unspecified atom stereocenters. The van der Waals surface area contributed by atoms with Crippen molar-refractivity contribution in [2.75, 3.05) is 19.4 Å². The predicted octanol–water partition coefficient (Wildman–Crippen LogP) is 1.88. The van der Waals surface area contributed by atoms with E-state index in [9.17, 15) is 4.79 Å². The number of nitrogens with one attached hydrogen (secondary N) is 2. The molecule has 1 amide bonds. The Bertz CT molecular complexity index is 577. The van der Waals surface area contributed by atoms with Crippen molar-refractivity contribution in [1.82, 2.24) is 15.2 Å². The third kappa shape index (κ3) is 3.05. The largest absolute Gasteiger partial charge is 0.309 e. The lowest BCUT2D eigenvalue weighted by Gasteiger charge is -2.17. The number of aromatic nitrogens is 1. The molecule has 6 heteroatoms. The number of pyridine rings is 1. The van der Waals surface area contributed by atoms with Crippen molar-refractivity contribution in [3.63, 3.8) is 0 Å². The fourth-order valence-electron chi connectivity index (χ4n) is 3.07. The Balaban J connectivity index is 1.71. The summed E-state index contributed by atoms with van der Waals surface area (Å²) in [6.07, 6.45) is 2.07. The zero-order chi connectivity index (χ0) is 15.2. The minimum Gasteiger partial charge on any atom is -0.309 e. The van der Waals surface area contributed by atoms with E-state index in [1.807, 2.05) is 25.1 Å². The number of fused-ring (bicyclic) bond motifs is 1. The Morgan fingerprint density at radius 1 is 1.52 bits per heavy atom. The lowest BCUT2D eigenvalue weighted by atomic mass is 10.0. The van der Waals surface area contributed by atoms with Gasteiger partial charge in [0.1, 0.15) is 11.0 Å². The van der Waals surface area contributed by atoms with Crippen LogP contribution in [0, 0.1) is 5.41 Å². The molecule has 1 aliphatic carbocycles. The van der Waals surface area contributed by atoms with Crippen LogP contribution in [0.3, 0.4) is 0 Å². The van der Waals surface area contributed by atoms with Crippen LogP contribution in [0.1, 0.15) is 25.3 Å². The first-order chi connectivity index (χ1) is 9.87. The molecule has 0 radical (unpaired) electrons. The van der Waals surface area contributed by atoms with Crippen LogP contribution < -0.4 is 10.6 Å². The van der Waals surface area contributed by atoms with Crippen molar-refractivity contribution in [2.45, 2.75) is 38.4 Å². The average molecular weight is 309 g/mol. The maximum atomic E-state index is 12.4. The van der Waals surface area contributed by atoms with Crippen LogP contribution in [0.5, 0.6) is 0 Å². The van der Waals surface area contributed by atoms with Gasteiger partial charge in [0.2, 0.25) is 5.91 Å². The maximum absolute atomic E-state index is 12.4. The highest BCUT2D eigenvalue weighted by Crippen LogP contribution is 2.53. The van der Waals surface area contributed by atoms with Gasteiger partial charge in [-0.05, 0) is 38.4 Å². The van der Waals surface area contributed by atoms with E-state index in [1.54, 1.807) is 6.07 Å². The number of carbonyl (C=O) groups excluding carboxylic acids is 1. The monoisotopic (exact) mass is 308 g/mol. The van der Waals surface area contributed by atoms with Crippen molar-refractivity contribution >= 4 is 23.3 Å². The summed E-state index contributed by atoms with van der Waals surface area (Å²) in [5, 5.41) is 6.70. The molecule has 114 valence electrons. The van der Waals surface area contributed by atoms with E-state index in [1.165, 1.54) is 6.42 Å². The van der Waals surface area contributed by atoms with Crippen LogP contribution in [-0.2, 0) is 11.3 Å². The van der Waals surface area contributed by atoms with Crippen LogP contribution in [0.2, 0.25) is 5.15 Å². The van der Waals surface area contributed by atoms with Crippen molar-refractivity contribution < 1.29 is 4.79 Å². The molecule has 1 saturated carbocycles. The van der Waals surface area contributed by atoms with Crippen molar-refractivity contribution in [3.05, 3.63) is 22.8 Å². The summed E-state index contributed by atoms with van der Waals surface area (Å²) in [5.41, 5.74) is 1.28. The lowest BCUT2D eigenvalue weighted by molar-refractivity contribution is -0.118. The minimum atomic E-state index is -0.123. The molecule has 2 fully saturated rings. The molecule has 1 aromatic heterocycles. The van der Waals surface area contributed by atoms with Crippen molar-refractivity contribution in [1.29, 1.82) is 0 Å². The van der Waals surface area contributed by atoms with E-state index in [4.69, 9.17) is 11.6 Å². The van der Waals surface area contributed by atoms with Crippen LogP contribution >= 0.6 is 11.6 Å². The lowest BCUT2D eigenvalue weighted by Crippen LogP contribution is -2.38. The number of halogens is 1. The van der Waals surface area contributed by atoms with E-state index in [-0.39, 0.29) is 11.9 Å². The second kappa shape index (κ2) is 5.23. The molecule has 2 heterocycles. The average Bonchev–Trinajstić information content (AvgIpc) is 2.90. The topological polar surface area (TPSA) is 57.3 Å². The number of carbonyl (C=O) groups is 1. The summed E-state index contributed by atoms with van der Waals surface area (Å²) in [5.74, 6) is 0.548. The van der Waals surface area contributed by atoms with Crippen LogP contribution in [-0.4, -0.2) is 42.0 Å². The Kier molecular flexibility index (Phi) is 3.67. The quantitative estimate of drug-likeness (QED) is 0.834. The molecule has 2 aliphatic rings. The molecular weight excluding hydrogens is 288 g/mol. The fraction of sp³-hybridized carbons (Fsp3) is 0.600. The molecule has 1 saturated heterocycles. The first-order valence-corrected chi connectivity index (χ1v) is 7.62. The van der Waals surface area contributed by atoms with Gasteiger partial charge in [-0.3, -0.25) is 4.79 Å². The predicted molar refractivity (Wildman–Crippen MR) is 83.3 cm³/mol. The number of hydrogen-bond acceptors (Lipinski definition) is 4. The van der Waals surface area contributed by atoms with E-state index in [2.05, 4.69) is 22.5 Å². The number of hydrogen-bond donors (Lipinski definition) is 2. The Morgan fingerprint density at radius 2 is 2.29 bits per heavy atom. The van der Waals surface area contributed by atoms with E-state index in [0.29, 0.717) is 29.0 Å². The van der Waals surface area contributed by atoms with Gasteiger partial charge in [-0.1, -0.05) is 24.6 Å². The fourth-order valence-corrected chi connectivity index (χ4v) is 3.22. The number of nitrogens with zero attached hydrogens (tertiary/aromatic N) is 2. The van der Waals surface area contributed by atoms with Gasteiger partial charge in [-0.2, -0.15) is 0 Å². The van der Waals surface area contributed by atoms with Crippen molar-refractivity contribution in [3.8, 4) is 0 Å². The van der Waals surface area contributed by atoms with Gasteiger partial charge in [0.25, 0.3) is 0 Å². The van der Waals surface area contributed by atoms with E-state index >= 15 is 0 Å². The molecule has 0 aromatic carbocycles. The number of rotatable bonds is 4.